The first-order valence-corrected chi connectivity index (χ1v) is 9.59. The van der Waals surface area contributed by atoms with Crippen LogP contribution in [0.5, 0.6) is 11.5 Å². The number of benzene rings is 3. The van der Waals surface area contributed by atoms with Crippen molar-refractivity contribution in [1.82, 2.24) is 0 Å². The van der Waals surface area contributed by atoms with Gasteiger partial charge in [-0.1, -0.05) is 87.5 Å². The van der Waals surface area contributed by atoms with E-state index >= 15 is 0 Å². The zero-order valence-electron chi connectivity index (χ0n) is 16.8. The molecule has 0 saturated heterocycles. The minimum absolute atomic E-state index is 0.350. The van der Waals surface area contributed by atoms with Crippen LogP contribution < -0.4 is 9.47 Å². The molecular weight excluding hydrogens is 348 g/mol. The van der Waals surface area contributed by atoms with Crippen LogP contribution in [0.2, 0.25) is 0 Å². The van der Waals surface area contributed by atoms with Gasteiger partial charge in [-0.25, -0.2) is 0 Å². The summed E-state index contributed by atoms with van der Waals surface area (Å²) >= 11 is 0. The van der Waals surface area contributed by atoms with Crippen molar-refractivity contribution in [3.63, 3.8) is 0 Å². The standard InChI is InChI=1S/C25H28O3/c1-25(2,3)24(26)23-21(27-17-19-11-6-4-7-12-19)15-10-16-22(23)28-18-20-13-8-5-9-14-20/h4-16,24,26H,17-18H2,1-3H3. The maximum absolute atomic E-state index is 11.1. The number of ether oxygens (including phenoxy) is 2. The van der Waals surface area contributed by atoms with Crippen molar-refractivity contribution in [2.75, 3.05) is 0 Å². The maximum Gasteiger partial charge on any atom is 0.129 e. The zero-order valence-corrected chi connectivity index (χ0v) is 16.8. The van der Waals surface area contributed by atoms with E-state index in [1.807, 2.05) is 99.6 Å². The summed E-state index contributed by atoms with van der Waals surface area (Å²) in [7, 11) is 0. The van der Waals surface area contributed by atoms with Gasteiger partial charge in [0.1, 0.15) is 24.7 Å². The number of aliphatic hydroxyl groups excluding tert-OH is 1. The fraction of sp³-hybridized carbons (Fsp3) is 0.280. The van der Waals surface area contributed by atoms with Gasteiger partial charge in [0, 0.05) is 0 Å². The first-order valence-electron chi connectivity index (χ1n) is 9.59. The largest absolute Gasteiger partial charge is 0.488 e. The fourth-order valence-corrected chi connectivity index (χ4v) is 2.95. The van der Waals surface area contributed by atoms with Gasteiger partial charge in [0.2, 0.25) is 0 Å². The highest BCUT2D eigenvalue weighted by atomic mass is 16.5. The summed E-state index contributed by atoms with van der Waals surface area (Å²) in [6.07, 6.45) is -0.717. The number of aliphatic hydroxyl groups is 1. The summed E-state index contributed by atoms with van der Waals surface area (Å²) in [5.41, 5.74) is 2.50. The average Bonchev–Trinajstić information content (AvgIpc) is 2.71. The molecule has 0 aromatic heterocycles. The highest BCUT2D eigenvalue weighted by Crippen LogP contribution is 2.43. The second-order valence-corrected chi connectivity index (χ2v) is 7.99. The van der Waals surface area contributed by atoms with Gasteiger partial charge in [-0.15, -0.1) is 0 Å². The molecule has 0 aliphatic rings. The van der Waals surface area contributed by atoms with E-state index in [9.17, 15) is 5.11 Å². The molecule has 3 heteroatoms. The van der Waals surface area contributed by atoms with Crippen LogP contribution in [0.3, 0.4) is 0 Å². The first kappa shape index (κ1) is 20.0. The van der Waals surface area contributed by atoms with Gasteiger partial charge in [0.05, 0.1) is 11.7 Å². The van der Waals surface area contributed by atoms with Crippen LogP contribution in [-0.4, -0.2) is 5.11 Å². The normalized spacial score (nSPS) is 12.4. The maximum atomic E-state index is 11.1. The van der Waals surface area contributed by atoms with E-state index in [1.54, 1.807) is 0 Å². The van der Waals surface area contributed by atoms with Gasteiger partial charge in [0.25, 0.3) is 0 Å². The molecule has 0 fully saturated rings. The lowest BCUT2D eigenvalue weighted by atomic mass is 9.84. The highest BCUT2D eigenvalue weighted by molar-refractivity contribution is 5.47. The van der Waals surface area contributed by atoms with Crippen LogP contribution in [-0.2, 0) is 13.2 Å². The van der Waals surface area contributed by atoms with Crippen molar-refractivity contribution >= 4 is 0 Å². The lowest BCUT2D eigenvalue weighted by Crippen LogP contribution is -2.20. The van der Waals surface area contributed by atoms with Crippen LogP contribution in [0.4, 0.5) is 0 Å². The van der Waals surface area contributed by atoms with Crippen molar-refractivity contribution in [3.05, 3.63) is 95.6 Å². The van der Waals surface area contributed by atoms with Crippen molar-refractivity contribution in [3.8, 4) is 11.5 Å². The molecule has 0 aliphatic carbocycles. The minimum atomic E-state index is -0.717. The van der Waals surface area contributed by atoms with Gasteiger partial charge in [0.15, 0.2) is 0 Å². The Morgan fingerprint density at radius 1 is 0.679 bits per heavy atom. The summed E-state index contributed by atoms with van der Waals surface area (Å²) in [5.74, 6) is 1.30. The van der Waals surface area contributed by atoms with E-state index in [0.29, 0.717) is 30.3 Å². The number of hydrogen-bond acceptors (Lipinski definition) is 3. The third-order valence-corrected chi connectivity index (χ3v) is 4.59. The van der Waals surface area contributed by atoms with Gasteiger partial charge in [-0.2, -0.15) is 0 Å². The van der Waals surface area contributed by atoms with Gasteiger partial charge >= 0.3 is 0 Å². The molecule has 146 valence electrons. The van der Waals surface area contributed by atoms with E-state index in [2.05, 4.69) is 0 Å². The van der Waals surface area contributed by atoms with E-state index in [4.69, 9.17) is 9.47 Å². The molecule has 3 aromatic carbocycles. The molecule has 0 radical (unpaired) electrons. The van der Waals surface area contributed by atoms with E-state index < -0.39 is 6.10 Å². The highest BCUT2D eigenvalue weighted by Gasteiger charge is 2.30. The number of hydrogen-bond donors (Lipinski definition) is 1. The fourth-order valence-electron chi connectivity index (χ4n) is 2.95. The Balaban J connectivity index is 1.87. The third kappa shape index (κ3) is 5.14. The Morgan fingerprint density at radius 3 is 1.50 bits per heavy atom. The molecule has 0 bridgehead atoms. The molecule has 1 atom stereocenters. The second kappa shape index (κ2) is 8.94. The Morgan fingerprint density at radius 2 is 1.11 bits per heavy atom. The van der Waals surface area contributed by atoms with Crippen LogP contribution in [0.25, 0.3) is 0 Å². The molecule has 0 heterocycles. The lowest BCUT2D eigenvalue weighted by molar-refractivity contribution is 0.0561. The molecular formula is C25H28O3. The molecule has 0 aliphatic heterocycles. The number of rotatable bonds is 7. The van der Waals surface area contributed by atoms with Crippen molar-refractivity contribution in [2.45, 2.75) is 40.1 Å². The van der Waals surface area contributed by atoms with Gasteiger partial charge in [-0.3, -0.25) is 0 Å². The van der Waals surface area contributed by atoms with Crippen molar-refractivity contribution in [1.29, 1.82) is 0 Å². The molecule has 0 amide bonds. The Hall–Kier alpha value is -2.78. The Bertz CT molecular complexity index is 806. The minimum Gasteiger partial charge on any atom is -0.488 e. The summed E-state index contributed by atoms with van der Waals surface area (Å²) in [6.45, 7) is 6.89. The molecule has 0 spiro atoms. The first-order chi connectivity index (χ1) is 13.4. The predicted octanol–water partition coefficient (Wildman–Crippen LogP) is 5.92. The lowest BCUT2D eigenvalue weighted by Gasteiger charge is -2.29. The summed E-state index contributed by atoms with van der Waals surface area (Å²) in [4.78, 5) is 0. The molecule has 3 nitrogen and oxygen atoms in total. The molecule has 3 rings (SSSR count). The molecule has 0 saturated carbocycles. The van der Waals surface area contributed by atoms with Crippen molar-refractivity contribution in [2.24, 2.45) is 5.41 Å². The molecule has 1 unspecified atom stereocenters. The van der Waals surface area contributed by atoms with Gasteiger partial charge < -0.3 is 14.6 Å². The Kier molecular flexibility index (Phi) is 6.37. The summed E-state index contributed by atoms with van der Waals surface area (Å²) in [6, 6.07) is 25.7. The zero-order chi connectivity index (χ0) is 20.0. The smallest absolute Gasteiger partial charge is 0.129 e. The third-order valence-electron chi connectivity index (χ3n) is 4.59. The topological polar surface area (TPSA) is 38.7 Å². The average molecular weight is 376 g/mol. The molecule has 28 heavy (non-hydrogen) atoms. The van der Waals surface area contributed by atoms with E-state index in [-0.39, 0.29) is 5.41 Å². The second-order valence-electron chi connectivity index (χ2n) is 7.99. The summed E-state index contributed by atoms with van der Waals surface area (Å²) in [5, 5.41) is 11.1. The quantitative estimate of drug-likeness (QED) is 0.556. The monoisotopic (exact) mass is 376 g/mol. The molecule has 1 N–H and O–H groups in total. The molecule has 3 aromatic rings. The Labute approximate surface area is 167 Å². The van der Waals surface area contributed by atoms with Crippen LogP contribution >= 0.6 is 0 Å². The van der Waals surface area contributed by atoms with Crippen LogP contribution in [0.1, 0.15) is 43.6 Å². The van der Waals surface area contributed by atoms with Crippen LogP contribution in [0, 0.1) is 5.41 Å². The van der Waals surface area contributed by atoms with Gasteiger partial charge in [-0.05, 0) is 28.7 Å². The SMILES string of the molecule is CC(C)(C)C(O)c1c(OCc2ccccc2)cccc1OCc1ccccc1. The van der Waals surface area contributed by atoms with E-state index in [1.165, 1.54) is 0 Å². The van der Waals surface area contributed by atoms with Crippen molar-refractivity contribution < 1.29 is 14.6 Å². The van der Waals surface area contributed by atoms with E-state index in [0.717, 1.165) is 11.1 Å². The summed E-state index contributed by atoms with van der Waals surface area (Å²) < 4.78 is 12.2. The van der Waals surface area contributed by atoms with Crippen LogP contribution in [0.15, 0.2) is 78.9 Å². The predicted molar refractivity (Wildman–Crippen MR) is 112 cm³/mol.